The van der Waals surface area contributed by atoms with E-state index in [0.717, 1.165) is 25.2 Å². The van der Waals surface area contributed by atoms with E-state index in [1.165, 1.54) is 37.7 Å². The zero-order valence-electron chi connectivity index (χ0n) is 8.77. The number of hydrogen-bond acceptors (Lipinski definition) is 0. The predicted octanol–water partition coefficient (Wildman–Crippen LogP) is 4.53. The maximum atomic E-state index is 12.9. The molecule has 0 aliphatic heterocycles. The average Bonchev–Trinajstić information content (AvgIpc) is 2.67. The highest BCUT2D eigenvalue weighted by molar-refractivity contribution is 5.22. The highest BCUT2D eigenvalue weighted by Crippen LogP contribution is 2.31. The van der Waals surface area contributed by atoms with Crippen molar-refractivity contribution in [1.29, 1.82) is 0 Å². The molecule has 0 nitrogen and oxygen atoms in total. The Morgan fingerprint density at radius 2 is 2.07 bits per heavy atom. The van der Waals surface area contributed by atoms with Crippen LogP contribution in [0.1, 0.15) is 51.4 Å². The predicted molar refractivity (Wildman–Crippen MR) is 57.7 cm³/mol. The normalized spacial score (nSPS) is 23.5. The summed E-state index contributed by atoms with van der Waals surface area (Å²) in [6.07, 6.45) is 13.5. The van der Waals surface area contributed by atoms with Crippen molar-refractivity contribution in [3.63, 3.8) is 0 Å². The smallest absolute Gasteiger partial charge is 0.119 e. The van der Waals surface area contributed by atoms with E-state index in [4.69, 9.17) is 0 Å². The molecule has 2 aliphatic rings. The summed E-state index contributed by atoms with van der Waals surface area (Å²) >= 11 is 0. The molecule has 0 heterocycles. The van der Waals surface area contributed by atoms with E-state index in [-0.39, 0.29) is 5.83 Å². The molecule has 1 heteroatoms. The molecular formula is C13H19F. The van der Waals surface area contributed by atoms with Gasteiger partial charge in [0.05, 0.1) is 0 Å². The van der Waals surface area contributed by atoms with Gasteiger partial charge in [0.15, 0.2) is 0 Å². The molecule has 0 aromatic carbocycles. The van der Waals surface area contributed by atoms with E-state index >= 15 is 0 Å². The standard InChI is InChI=1S/C13H19F/c14-13-7-3-6-12(10-13)9-8-11-4-1-2-5-11/h7,10-11H,1-6,8-9H2. The van der Waals surface area contributed by atoms with Gasteiger partial charge in [0, 0.05) is 0 Å². The van der Waals surface area contributed by atoms with E-state index in [1.54, 1.807) is 12.2 Å². The Hall–Kier alpha value is -0.590. The van der Waals surface area contributed by atoms with Gasteiger partial charge in [-0.15, -0.1) is 0 Å². The lowest BCUT2D eigenvalue weighted by Crippen LogP contribution is -1.96. The molecule has 0 unspecified atom stereocenters. The minimum atomic E-state index is -0.0160. The molecule has 1 saturated carbocycles. The summed E-state index contributed by atoms with van der Waals surface area (Å²) in [5, 5.41) is 0. The van der Waals surface area contributed by atoms with Crippen molar-refractivity contribution in [2.75, 3.05) is 0 Å². The zero-order valence-corrected chi connectivity index (χ0v) is 8.77. The first kappa shape index (κ1) is 9.95. The fourth-order valence-electron chi connectivity index (χ4n) is 2.61. The van der Waals surface area contributed by atoms with Gasteiger partial charge < -0.3 is 0 Å². The molecule has 0 N–H and O–H groups in total. The molecule has 0 atom stereocenters. The first-order chi connectivity index (χ1) is 6.84. The van der Waals surface area contributed by atoms with Crippen molar-refractivity contribution in [2.45, 2.75) is 51.4 Å². The third-order valence-corrected chi connectivity index (χ3v) is 3.50. The van der Waals surface area contributed by atoms with Gasteiger partial charge in [-0.1, -0.05) is 31.3 Å². The maximum Gasteiger partial charge on any atom is 0.119 e. The Bertz CT molecular complexity index is 244. The topological polar surface area (TPSA) is 0 Å². The Labute approximate surface area is 85.9 Å². The molecule has 14 heavy (non-hydrogen) atoms. The van der Waals surface area contributed by atoms with Gasteiger partial charge in [0.25, 0.3) is 0 Å². The zero-order chi connectivity index (χ0) is 9.80. The van der Waals surface area contributed by atoms with Crippen LogP contribution in [-0.2, 0) is 0 Å². The molecule has 0 aromatic rings. The minimum absolute atomic E-state index is 0.0160. The Morgan fingerprint density at radius 3 is 2.79 bits per heavy atom. The molecule has 0 radical (unpaired) electrons. The van der Waals surface area contributed by atoms with Gasteiger partial charge in [-0.05, 0) is 43.8 Å². The van der Waals surface area contributed by atoms with Crippen molar-refractivity contribution in [2.24, 2.45) is 5.92 Å². The molecule has 0 amide bonds. The van der Waals surface area contributed by atoms with Gasteiger partial charge >= 0.3 is 0 Å². The lowest BCUT2D eigenvalue weighted by Gasteiger charge is -2.13. The van der Waals surface area contributed by atoms with Crippen LogP contribution in [0.25, 0.3) is 0 Å². The van der Waals surface area contributed by atoms with Gasteiger partial charge in [-0.25, -0.2) is 4.39 Å². The Balaban J connectivity index is 1.77. The van der Waals surface area contributed by atoms with Crippen LogP contribution < -0.4 is 0 Å². The molecular weight excluding hydrogens is 175 g/mol. The third kappa shape index (κ3) is 2.70. The second kappa shape index (κ2) is 4.77. The molecule has 0 aromatic heterocycles. The van der Waals surface area contributed by atoms with Crippen LogP contribution in [0.5, 0.6) is 0 Å². The molecule has 2 aliphatic carbocycles. The van der Waals surface area contributed by atoms with Crippen LogP contribution in [0.3, 0.4) is 0 Å². The molecule has 0 spiro atoms. The van der Waals surface area contributed by atoms with E-state index in [9.17, 15) is 4.39 Å². The maximum absolute atomic E-state index is 12.9. The average molecular weight is 194 g/mol. The largest absolute Gasteiger partial charge is 0.207 e. The van der Waals surface area contributed by atoms with Crippen LogP contribution in [0.2, 0.25) is 0 Å². The highest BCUT2D eigenvalue weighted by atomic mass is 19.1. The van der Waals surface area contributed by atoms with Crippen LogP contribution in [0.15, 0.2) is 23.6 Å². The first-order valence-corrected chi connectivity index (χ1v) is 5.90. The molecule has 0 saturated heterocycles. The van der Waals surface area contributed by atoms with Gasteiger partial charge in [0.1, 0.15) is 5.83 Å². The number of halogens is 1. The highest BCUT2D eigenvalue weighted by Gasteiger charge is 2.15. The lowest BCUT2D eigenvalue weighted by molar-refractivity contribution is 0.497. The van der Waals surface area contributed by atoms with Crippen molar-refractivity contribution in [3.05, 3.63) is 23.6 Å². The van der Waals surface area contributed by atoms with E-state index < -0.39 is 0 Å². The van der Waals surface area contributed by atoms with Crippen molar-refractivity contribution in [1.82, 2.24) is 0 Å². The molecule has 0 bridgehead atoms. The van der Waals surface area contributed by atoms with Crippen LogP contribution in [0.4, 0.5) is 4.39 Å². The number of rotatable bonds is 3. The van der Waals surface area contributed by atoms with Crippen molar-refractivity contribution < 1.29 is 4.39 Å². The lowest BCUT2D eigenvalue weighted by atomic mass is 9.94. The SMILES string of the molecule is FC1=CCCC(CCC2CCCC2)=C1. The number of allylic oxidation sites excluding steroid dienone is 4. The van der Waals surface area contributed by atoms with Gasteiger partial charge in [0.2, 0.25) is 0 Å². The summed E-state index contributed by atoms with van der Waals surface area (Å²) in [6, 6.07) is 0. The summed E-state index contributed by atoms with van der Waals surface area (Å²) < 4.78 is 12.9. The van der Waals surface area contributed by atoms with E-state index in [2.05, 4.69) is 0 Å². The monoisotopic (exact) mass is 194 g/mol. The van der Waals surface area contributed by atoms with Crippen molar-refractivity contribution >= 4 is 0 Å². The minimum Gasteiger partial charge on any atom is -0.207 e. The summed E-state index contributed by atoms with van der Waals surface area (Å²) in [5.41, 5.74) is 1.33. The number of hydrogen-bond donors (Lipinski definition) is 0. The Kier molecular flexibility index (Phi) is 3.39. The van der Waals surface area contributed by atoms with E-state index in [1.807, 2.05) is 0 Å². The fraction of sp³-hybridized carbons (Fsp3) is 0.692. The summed E-state index contributed by atoms with van der Waals surface area (Å²) in [4.78, 5) is 0. The first-order valence-electron chi connectivity index (χ1n) is 5.90. The Morgan fingerprint density at radius 1 is 1.29 bits per heavy atom. The van der Waals surface area contributed by atoms with Crippen molar-refractivity contribution in [3.8, 4) is 0 Å². The molecule has 78 valence electrons. The van der Waals surface area contributed by atoms with Crippen LogP contribution in [-0.4, -0.2) is 0 Å². The summed E-state index contributed by atoms with van der Waals surface area (Å²) in [5.74, 6) is 0.919. The molecule has 1 fully saturated rings. The summed E-state index contributed by atoms with van der Waals surface area (Å²) in [7, 11) is 0. The van der Waals surface area contributed by atoms with E-state index in [0.29, 0.717) is 0 Å². The van der Waals surface area contributed by atoms with Crippen LogP contribution >= 0.6 is 0 Å². The summed E-state index contributed by atoms with van der Waals surface area (Å²) in [6.45, 7) is 0. The third-order valence-electron chi connectivity index (χ3n) is 3.50. The quantitative estimate of drug-likeness (QED) is 0.619. The second-order valence-electron chi connectivity index (χ2n) is 4.62. The fourth-order valence-corrected chi connectivity index (χ4v) is 2.61. The van der Waals surface area contributed by atoms with Gasteiger partial charge in [-0.2, -0.15) is 0 Å². The van der Waals surface area contributed by atoms with Gasteiger partial charge in [-0.3, -0.25) is 0 Å². The molecule has 2 rings (SSSR count). The second-order valence-corrected chi connectivity index (χ2v) is 4.62. The van der Waals surface area contributed by atoms with Crippen LogP contribution in [0, 0.1) is 5.92 Å².